The van der Waals surface area contributed by atoms with Gasteiger partial charge in [0, 0.05) is 16.1 Å². The number of fused-ring (bicyclic) bond motifs is 1. The summed E-state index contributed by atoms with van der Waals surface area (Å²) < 4.78 is 6.55. The Kier molecular flexibility index (Phi) is 5.92. The molecule has 2 N–H and O–H groups in total. The van der Waals surface area contributed by atoms with Crippen LogP contribution in [0, 0.1) is 0 Å². The molecule has 3 aromatic carbocycles. The number of nitrogens with zero attached hydrogens (tertiary/aromatic N) is 2. The lowest BCUT2D eigenvalue weighted by Gasteiger charge is -2.11. The van der Waals surface area contributed by atoms with Gasteiger partial charge in [-0.2, -0.15) is 4.37 Å². The molecule has 7 heteroatoms. The second-order valence-corrected chi connectivity index (χ2v) is 8.34. The van der Waals surface area contributed by atoms with Crippen LogP contribution < -0.4 is 5.32 Å². The number of aromatic nitrogens is 1. The van der Waals surface area contributed by atoms with E-state index in [2.05, 4.69) is 48.8 Å². The van der Waals surface area contributed by atoms with Gasteiger partial charge in [0.05, 0.1) is 10.4 Å². The van der Waals surface area contributed by atoms with Crippen molar-refractivity contribution in [3.8, 4) is 11.1 Å². The van der Waals surface area contributed by atoms with Gasteiger partial charge in [-0.1, -0.05) is 48.5 Å². The Morgan fingerprint density at radius 3 is 2.73 bits per heavy atom. The lowest BCUT2D eigenvalue weighted by Crippen LogP contribution is -2.13. The molecule has 0 aliphatic heterocycles. The predicted molar refractivity (Wildman–Crippen MR) is 127 cm³/mol. The minimum Gasteiger partial charge on any atom is -0.480 e. The summed E-state index contributed by atoms with van der Waals surface area (Å²) in [5.74, 6) is -0.164. The van der Waals surface area contributed by atoms with E-state index in [9.17, 15) is 4.79 Å². The van der Waals surface area contributed by atoms with Gasteiger partial charge < -0.3 is 10.4 Å². The lowest BCUT2D eigenvalue weighted by molar-refractivity contribution is -0.137. The minimum absolute atomic E-state index is 0.770. The van der Waals surface area contributed by atoms with Crippen molar-refractivity contribution in [2.75, 3.05) is 5.32 Å². The van der Waals surface area contributed by atoms with E-state index in [4.69, 9.17) is 5.11 Å². The Bertz CT molecular complexity index is 1240. The monoisotopic (exact) mass is 479 g/mol. The molecule has 0 amide bonds. The third kappa shape index (κ3) is 4.27. The number of rotatable bonds is 6. The van der Waals surface area contributed by atoms with Gasteiger partial charge in [0.2, 0.25) is 0 Å². The maximum Gasteiger partial charge on any atom is 0.328 e. The standard InChI is InChI=1S/C23H18BrN3O2S/c1-14(23(28)29)25-13-15-10-11-18-20(12-15)30-27-22(18)26-19-9-5-8-17(21(19)24)16-6-3-2-4-7-16/h2-14H,1H3,(H,26,27)(H,28,29). The fourth-order valence-electron chi connectivity index (χ4n) is 2.98. The summed E-state index contributed by atoms with van der Waals surface area (Å²) in [6.07, 6.45) is 1.59. The Morgan fingerprint density at radius 2 is 1.97 bits per heavy atom. The number of aliphatic carboxylic acids is 1. The van der Waals surface area contributed by atoms with Gasteiger partial charge in [0.15, 0.2) is 5.82 Å². The van der Waals surface area contributed by atoms with Crippen molar-refractivity contribution in [1.82, 2.24) is 4.37 Å². The summed E-state index contributed by atoms with van der Waals surface area (Å²) in [4.78, 5) is 15.0. The van der Waals surface area contributed by atoms with Gasteiger partial charge in [0.25, 0.3) is 0 Å². The van der Waals surface area contributed by atoms with Crippen molar-refractivity contribution in [2.45, 2.75) is 13.0 Å². The highest BCUT2D eigenvalue weighted by Crippen LogP contribution is 2.37. The Morgan fingerprint density at radius 1 is 1.17 bits per heavy atom. The number of carboxylic acids is 1. The SMILES string of the molecule is CC(N=Cc1ccc2c(Nc3cccc(-c4ccccc4)c3Br)nsc2c1)C(=O)O. The van der Waals surface area contributed by atoms with E-state index in [1.807, 2.05) is 48.5 Å². The first-order valence-corrected chi connectivity index (χ1v) is 10.9. The van der Waals surface area contributed by atoms with Crippen LogP contribution >= 0.6 is 27.5 Å². The zero-order valence-electron chi connectivity index (χ0n) is 16.0. The molecule has 0 radical (unpaired) electrons. The Balaban J connectivity index is 1.62. The van der Waals surface area contributed by atoms with E-state index in [1.165, 1.54) is 11.5 Å². The molecule has 0 saturated heterocycles. The van der Waals surface area contributed by atoms with Gasteiger partial charge in [0.1, 0.15) is 6.04 Å². The van der Waals surface area contributed by atoms with Crippen LogP contribution in [0.25, 0.3) is 21.2 Å². The third-order valence-corrected chi connectivity index (χ3v) is 6.30. The van der Waals surface area contributed by atoms with Gasteiger partial charge in [-0.3, -0.25) is 4.99 Å². The number of anilines is 2. The molecule has 30 heavy (non-hydrogen) atoms. The number of benzene rings is 3. The molecule has 0 aliphatic rings. The number of nitrogens with one attached hydrogen (secondary N) is 1. The van der Waals surface area contributed by atoms with E-state index in [0.29, 0.717) is 0 Å². The normalized spacial score (nSPS) is 12.3. The molecule has 0 bridgehead atoms. The average molecular weight is 480 g/mol. The van der Waals surface area contributed by atoms with E-state index in [-0.39, 0.29) is 0 Å². The number of hydrogen-bond acceptors (Lipinski definition) is 5. The van der Waals surface area contributed by atoms with Crippen molar-refractivity contribution in [2.24, 2.45) is 4.99 Å². The van der Waals surface area contributed by atoms with Crippen LogP contribution in [0.15, 0.2) is 76.2 Å². The summed E-state index contributed by atoms with van der Waals surface area (Å²) in [6.45, 7) is 1.55. The zero-order valence-corrected chi connectivity index (χ0v) is 18.4. The highest BCUT2D eigenvalue weighted by atomic mass is 79.9. The summed E-state index contributed by atoms with van der Waals surface area (Å²) in [5.41, 5.74) is 4.02. The van der Waals surface area contributed by atoms with Gasteiger partial charge >= 0.3 is 5.97 Å². The molecule has 150 valence electrons. The zero-order chi connectivity index (χ0) is 21.1. The maximum atomic E-state index is 10.9. The first-order chi connectivity index (χ1) is 14.5. The molecule has 1 atom stereocenters. The number of carbonyl (C=O) groups is 1. The van der Waals surface area contributed by atoms with Crippen LogP contribution in [-0.2, 0) is 4.79 Å². The van der Waals surface area contributed by atoms with Crippen molar-refractivity contribution >= 4 is 61.2 Å². The molecule has 1 aromatic heterocycles. The number of halogens is 1. The summed E-state index contributed by atoms with van der Waals surface area (Å²) >= 11 is 5.12. The highest BCUT2D eigenvalue weighted by Gasteiger charge is 2.12. The van der Waals surface area contributed by atoms with E-state index in [1.54, 1.807) is 13.1 Å². The van der Waals surface area contributed by atoms with Crippen LogP contribution in [0.5, 0.6) is 0 Å². The Labute approximate surface area is 186 Å². The molecule has 0 fully saturated rings. The number of hydrogen-bond donors (Lipinski definition) is 2. The summed E-state index contributed by atoms with van der Waals surface area (Å²) in [5, 5.41) is 13.4. The minimum atomic E-state index is -0.945. The van der Waals surface area contributed by atoms with Gasteiger partial charge in [-0.15, -0.1) is 0 Å². The molecule has 1 heterocycles. The first kappa shape index (κ1) is 20.3. The number of aliphatic imine (C=N–C) groups is 1. The van der Waals surface area contributed by atoms with Crippen molar-refractivity contribution in [1.29, 1.82) is 0 Å². The van der Waals surface area contributed by atoms with Crippen LogP contribution in [0.3, 0.4) is 0 Å². The van der Waals surface area contributed by atoms with E-state index in [0.717, 1.165) is 42.8 Å². The third-order valence-electron chi connectivity index (χ3n) is 4.64. The smallest absolute Gasteiger partial charge is 0.328 e. The van der Waals surface area contributed by atoms with Crippen LogP contribution in [0.1, 0.15) is 12.5 Å². The van der Waals surface area contributed by atoms with Crippen LogP contribution in [0.2, 0.25) is 0 Å². The second-order valence-electron chi connectivity index (χ2n) is 6.74. The molecule has 0 aliphatic carbocycles. The quantitative estimate of drug-likeness (QED) is 0.315. The molecule has 1 unspecified atom stereocenters. The molecule has 0 spiro atoms. The fraction of sp³-hybridized carbons (Fsp3) is 0.0870. The molecular formula is C23H18BrN3O2S. The van der Waals surface area contributed by atoms with Crippen molar-refractivity contribution in [3.63, 3.8) is 0 Å². The maximum absolute atomic E-state index is 10.9. The largest absolute Gasteiger partial charge is 0.480 e. The topological polar surface area (TPSA) is 74.6 Å². The van der Waals surface area contributed by atoms with Crippen molar-refractivity contribution < 1.29 is 9.90 Å². The predicted octanol–water partition coefficient (Wildman–Crippen LogP) is 6.36. The van der Waals surface area contributed by atoms with Crippen molar-refractivity contribution in [3.05, 3.63) is 76.8 Å². The van der Waals surface area contributed by atoms with Gasteiger partial charge in [-0.05, 0) is 69.3 Å². The fourth-order valence-corrected chi connectivity index (χ4v) is 4.36. The van der Waals surface area contributed by atoms with E-state index >= 15 is 0 Å². The summed E-state index contributed by atoms with van der Waals surface area (Å²) in [7, 11) is 0. The molecule has 4 rings (SSSR count). The highest BCUT2D eigenvalue weighted by molar-refractivity contribution is 9.10. The molecule has 5 nitrogen and oxygen atoms in total. The van der Waals surface area contributed by atoms with Crippen LogP contribution in [0.4, 0.5) is 11.5 Å². The second kappa shape index (κ2) is 8.77. The molecule has 4 aromatic rings. The molecular weight excluding hydrogens is 462 g/mol. The summed E-state index contributed by atoms with van der Waals surface area (Å²) in [6, 6.07) is 21.4. The molecule has 0 saturated carbocycles. The lowest BCUT2D eigenvalue weighted by atomic mass is 10.1. The van der Waals surface area contributed by atoms with Gasteiger partial charge in [-0.25, -0.2) is 4.79 Å². The first-order valence-electron chi connectivity index (χ1n) is 9.29. The average Bonchev–Trinajstić information content (AvgIpc) is 3.16. The van der Waals surface area contributed by atoms with E-state index < -0.39 is 12.0 Å². The number of carboxylic acid groups (broad SMARTS) is 1. The Hall–Kier alpha value is -3.03. The van der Waals surface area contributed by atoms with Crippen LogP contribution in [-0.4, -0.2) is 27.7 Å².